The molecule has 0 aliphatic carbocycles. The van der Waals surface area contributed by atoms with Crippen LogP contribution in [0.2, 0.25) is 0 Å². The molecule has 0 saturated heterocycles. The van der Waals surface area contributed by atoms with Gasteiger partial charge in [-0.3, -0.25) is 0 Å². The molecule has 17 heavy (non-hydrogen) atoms. The van der Waals surface area contributed by atoms with Gasteiger partial charge in [0.1, 0.15) is 0 Å². The fourth-order valence-electron chi connectivity index (χ4n) is 0.305. The minimum Gasteiger partial charge on any atom is -0.790 e. The van der Waals surface area contributed by atoms with Crippen molar-refractivity contribution in [2.75, 3.05) is 26.4 Å². The van der Waals surface area contributed by atoms with Gasteiger partial charge < -0.3 is 48.0 Å². The summed E-state index contributed by atoms with van der Waals surface area (Å²) in [6.07, 6.45) is 0. The van der Waals surface area contributed by atoms with Crippen molar-refractivity contribution in [1.29, 1.82) is 0 Å². The maximum absolute atomic E-state index is 9.53. The monoisotopic (exact) mass is 370 g/mol. The first-order valence-electron chi connectivity index (χ1n) is 3.67. The third-order valence-corrected chi connectivity index (χ3v) is 1.68. The van der Waals surface area contributed by atoms with Crippen LogP contribution in [0.4, 0.5) is 0 Å². The van der Waals surface area contributed by atoms with E-state index in [0.29, 0.717) is 0 Å². The summed E-state index contributed by atoms with van der Waals surface area (Å²) in [6.45, 7) is -1.84. The molecule has 0 aromatic rings. The van der Waals surface area contributed by atoms with Crippen molar-refractivity contribution in [3.8, 4) is 0 Å². The van der Waals surface area contributed by atoms with Crippen LogP contribution in [0.15, 0.2) is 0 Å². The van der Waals surface area contributed by atoms with Crippen LogP contribution in [0, 0.1) is 0 Å². The summed E-state index contributed by atoms with van der Waals surface area (Å²) in [7, 11) is -9.68. The van der Waals surface area contributed by atoms with Crippen LogP contribution >= 0.6 is 15.6 Å². The molecule has 0 heterocycles. The molecule has 0 aliphatic heterocycles. The van der Waals surface area contributed by atoms with E-state index in [9.17, 15) is 28.7 Å². The maximum Gasteiger partial charge on any atom is 4.00 e. The number of hydrogen-bond acceptors (Lipinski definition) is 10. The molecule has 0 bridgehead atoms. The van der Waals surface area contributed by atoms with Gasteiger partial charge >= 0.3 is 26.2 Å². The van der Waals surface area contributed by atoms with Gasteiger partial charge in [-0.1, -0.05) is 0 Å². The van der Waals surface area contributed by atoms with Crippen molar-refractivity contribution >= 4 is 15.6 Å². The average molecular weight is 371 g/mol. The molecule has 0 unspecified atom stereocenters. The summed E-state index contributed by atoms with van der Waals surface area (Å²) in [5.41, 5.74) is 0. The minimum atomic E-state index is -4.84. The van der Waals surface area contributed by atoms with Crippen molar-refractivity contribution in [1.82, 2.24) is 0 Å². The molecule has 13 heteroatoms. The van der Waals surface area contributed by atoms with Crippen LogP contribution in [0.1, 0.15) is 0 Å². The molecule has 100 valence electrons. The summed E-state index contributed by atoms with van der Waals surface area (Å²) in [4.78, 5) is 38.1. The van der Waals surface area contributed by atoms with Crippen molar-refractivity contribution in [2.45, 2.75) is 0 Å². The van der Waals surface area contributed by atoms with E-state index in [1.165, 1.54) is 0 Å². The summed E-state index contributed by atoms with van der Waals surface area (Å²) < 4.78 is 26.2. The third-order valence-electron chi connectivity index (χ3n) is 0.681. The van der Waals surface area contributed by atoms with Crippen LogP contribution in [-0.2, 0) is 44.4 Å². The standard InChI is InChI=1S/2C2H7O5P.Zr/c2*3-1-2-7-8(4,5)6;/h2*3H,1-2H2,(H2,4,5,6);/q;;+4/p-4. The van der Waals surface area contributed by atoms with Gasteiger partial charge in [-0.15, -0.1) is 0 Å². The Bertz CT molecular complexity index is 221. The van der Waals surface area contributed by atoms with Crippen LogP contribution in [0.5, 0.6) is 0 Å². The molecule has 0 aromatic heterocycles. The molecular weight excluding hydrogens is 361 g/mol. The van der Waals surface area contributed by atoms with E-state index in [0.717, 1.165) is 0 Å². The summed E-state index contributed by atoms with van der Waals surface area (Å²) in [5, 5.41) is 15.8. The van der Waals surface area contributed by atoms with E-state index in [2.05, 4.69) is 9.05 Å². The van der Waals surface area contributed by atoms with Crippen LogP contribution < -0.4 is 19.6 Å². The SMILES string of the molecule is O=P([O-])([O-])OCCO.O=P([O-])([O-])OCCO.[Zr+4]. The Kier molecular flexibility index (Phi) is 16.4. The van der Waals surface area contributed by atoms with Crippen molar-refractivity contribution in [2.24, 2.45) is 0 Å². The molecule has 0 aromatic carbocycles. The first-order chi connectivity index (χ1) is 7.12. The Balaban J connectivity index is -0.000000218. The molecule has 0 rings (SSSR count). The summed E-state index contributed by atoms with van der Waals surface area (Å²) in [5.74, 6) is 0. The van der Waals surface area contributed by atoms with E-state index in [1.54, 1.807) is 0 Å². The molecule has 0 fully saturated rings. The first kappa shape index (κ1) is 23.1. The molecule has 0 amide bonds. The van der Waals surface area contributed by atoms with E-state index in [1.807, 2.05) is 0 Å². The van der Waals surface area contributed by atoms with E-state index in [4.69, 9.17) is 10.2 Å². The summed E-state index contributed by atoms with van der Waals surface area (Å²) >= 11 is 0. The van der Waals surface area contributed by atoms with Gasteiger partial charge in [0.15, 0.2) is 0 Å². The molecule has 0 radical (unpaired) electrons. The van der Waals surface area contributed by atoms with Gasteiger partial charge in [-0.05, 0) is 0 Å². The van der Waals surface area contributed by atoms with Gasteiger partial charge in [0.25, 0.3) is 0 Å². The fraction of sp³-hybridized carbons (Fsp3) is 1.00. The van der Waals surface area contributed by atoms with Gasteiger partial charge in [0.2, 0.25) is 0 Å². The van der Waals surface area contributed by atoms with Crippen LogP contribution in [-0.4, -0.2) is 36.6 Å². The zero-order valence-corrected chi connectivity index (χ0v) is 12.6. The average Bonchev–Trinajstić information content (AvgIpc) is 2.10. The smallest absolute Gasteiger partial charge is 0.790 e. The fourth-order valence-corrected chi connectivity index (χ4v) is 0.916. The second-order valence-electron chi connectivity index (χ2n) is 2.01. The van der Waals surface area contributed by atoms with Gasteiger partial charge in [0.05, 0.1) is 42.1 Å². The zero-order valence-electron chi connectivity index (χ0n) is 8.38. The van der Waals surface area contributed by atoms with E-state index >= 15 is 0 Å². The largest absolute Gasteiger partial charge is 4.00 e. The summed E-state index contributed by atoms with van der Waals surface area (Å²) in [6, 6.07) is 0. The first-order valence-corrected chi connectivity index (χ1v) is 6.59. The van der Waals surface area contributed by atoms with Gasteiger partial charge in [-0.2, -0.15) is 0 Å². The van der Waals surface area contributed by atoms with Gasteiger partial charge in [0, 0.05) is 0 Å². The number of phosphoric acid groups is 2. The number of phosphoric ester groups is 2. The van der Waals surface area contributed by atoms with E-state index < -0.39 is 42.1 Å². The van der Waals surface area contributed by atoms with Crippen molar-refractivity contribution in [3.05, 3.63) is 0 Å². The second kappa shape index (κ2) is 12.1. The normalized spacial score (nSPS) is 11.2. The molecule has 0 aliphatic rings. The molecule has 0 atom stereocenters. The van der Waals surface area contributed by atoms with E-state index in [-0.39, 0.29) is 26.2 Å². The second-order valence-corrected chi connectivity index (χ2v) is 4.31. The molecule has 2 N–H and O–H groups in total. The molecule has 10 nitrogen and oxygen atoms in total. The Morgan fingerprint density at radius 1 is 0.824 bits per heavy atom. The number of hydrogen-bond donors (Lipinski definition) is 2. The zero-order chi connectivity index (χ0) is 13.2. The Hall–Kier alpha value is 1.02. The van der Waals surface area contributed by atoms with Gasteiger partial charge in [-0.25, -0.2) is 0 Å². The Morgan fingerprint density at radius 2 is 1.06 bits per heavy atom. The third kappa shape index (κ3) is 31.6. The number of aliphatic hydroxyl groups excluding tert-OH is 2. The predicted molar refractivity (Wildman–Crippen MR) is 41.3 cm³/mol. The number of rotatable bonds is 6. The number of aliphatic hydroxyl groups is 2. The quantitative estimate of drug-likeness (QED) is 0.432. The molecule has 0 saturated carbocycles. The molecule has 0 spiro atoms. The minimum absolute atomic E-state index is 0. The van der Waals surface area contributed by atoms with Crippen molar-refractivity contribution < 1.29 is 74.2 Å². The Labute approximate surface area is 116 Å². The van der Waals surface area contributed by atoms with Crippen LogP contribution in [0.3, 0.4) is 0 Å². The molecular formula is C4H10O10P2Zr. The maximum atomic E-state index is 9.53. The van der Waals surface area contributed by atoms with Crippen molar-refractivity contribution in [3.63, 3.8) is 0 Å². The Morgan fingerprint density at radius 3 is 1.12 bits per heavy atom. The van der Waals surface area contributed by atoms with Crippen LogP contribution in [0.25, 0.3) is 0 Å². The predicted octanol–water partition coefficient (Wildman–Crippen LogP) is -4.35. The topological polar surface area (TPSA) is 185 Å².